The topological polar surface area (TPSA) is 38.8 Å². The molecule has 3 heteroatoms. The summed E-state index contributed by atoms with van der Waals surface area (Å²) in [5, 5.41) is 0. The van der Waals surface area contributed by atoms with Crippen LogP contribution in [0.1, 0.15) is 60.3 Å². The molecule has 1 fully saturated rings. The molecule has 1 heterocycles. The zero-order valence-corrected chi connectivity index (χ0v) is 16.1. The minimum absolute atomic E-state index is 0.0196. The van der Waals surface area contributed by atoms with Crippen molar-refractivity contribution in [3.8, 4) is 5.75 Å². The summed E-state index contributed by atoms with van der Waals surface area (Å²) in [4.78, 5) is 11.9. The van der Waals surface area contributed by atoms with E-state index in [1.807, 2.05) is 25.1 Å². The van der Waals surface area contributed by atoms with Gasteiger partial charge in [0.05, 0.1) is 11.2 Å². The number of allylic oxidation sites excluding steroid dienone is 3. The van der Waals surface area contributed by atoms with Crippen LogP contribution in [0.2, 0.25) is 0 Å². The summed E-state index contributed by atoms with van der Waals surface area (Å²) in [6, 6.07) is 9.14. The van der Waals surface area contributed by atoms with Gasteiger partial charge in [0.2, 0.25) is 0 Å². The summed E-state index contributed by atoms with van der Waals surface area (Å²) in [7, 11) is 0. The fourth-order valence-corrected chi connectivity index (χ4v) is 2.88. The molecule has 1 saturated heterocycles. The molecule has 1 unspecified atom stereocenters. The monoisotopic (exact) mass is 342 g/mol. The van der Waals surface area contributed by atoms with Gasteiger partial charge < -0.3 is 9.47 Å². The van der Waals surface area contributed by atoms with Gasteiger partial charge in [0.25, 0.3) is 0 Å². The molecule has 0 aromatic heterocycles. The fraction of sp³-hybridized carbons (Fsp3) is 0.500. The number of carbonyl (C=O) groups excluding carboxylic acids is 1. The number of epoxide rings is 1. The van der Waals surface area contributed by atoms with Gasteiger partial charge in [-0.3, -0.25) is 0 Å². The maximum absolute atomic E-state index is 11.9. The lowest BCUT2D eigenvalue weighted by atomic mass is 9.91. The molecule has 136 valence electrons. The number of hydrogen-bond donors (Lipinski definition) is 0. The molecular weight excluding hydrogens is 312 g/mol. The molecule has 1 aliphatic rings. The summed E-state index contributed by atoms with van der Waals surface area (Å²) >= 11 is 0. The van der Waals surface area contributed by atoms with Crippen molar-refractivity contribution < 1.29 is 14.3 Å². The maximum atomic E-state index is 11.9. The molecule has 1 aromatic rings. The Morgan fingerprint density at radius 3 is 2.32 bits per heavy atom. The smallest absolute Gasteiger partial charge is 0.336 e. The summed E-state index contributed by atoms with van der Waals surface area (Å²) in [5.74, 6) is 0.261. The molecule has 0 radical (unpaired) electrons. The molecule has 0 N–H and O–H groups in total. The van der Waals surface area contributed by atoms with E-state index < -0.39 is 0 Å². The predicted molar refractivity (Wildman–Crippen MR) is 102 cm³/mol. The molecule has 0 aliphatic carbocycles. The zero-order valence-electron chi connectivity index (χ0n) is 16.1. The lowest BCUT2D eigenvalue weighted by Crippen LogP contribution is -2.16. The van der Waals surface area contributed by atoms with Crippen LogP contribution in [0.4, 0.5) is 0 Å². The van der Waals surface area contributed by atoms with E-state index in [0.717, 1.165) is 31.3 Å². The van der Waals surface area contributed by atoms with E-state index >= 15 is 0 Å². The van der Waals surface area contributed by atoms with Crippen molar-refractivity contribution >= 4 is 5.97 Å². The Morgan fingerprint density at radius 2 is 1.72 bits per heavy atom. The minimum Gasteiger partial charge on any atom is -0.423 e. The number of rotatable bonds is 8. The molecule has 0 spiro atoms. The Kier molecular flexibility index (Phi) is 6.23. The van der Waals surface area contributed by atoms with E-state index in [9.17, 15) is 4.79 Å². The fourth-order valence-electron chi connectivity index (χ4n) is 2.88. The SMILES string of the molecule is C/C(=C\C(=O)Oc1ccccc1)CC/C=C(\C)CCC1(C)OC1(C)C. The Balaban J connectivity index is 1.71. The van der Waals surface area contributed by atoms with Gasteiger partial charge in [0.1, 0.15) is 5.75 Å². The molecular formula is C22H30O3. The van der Waals surface area contributed by atoms with Gasteiger partial charge in [-0.25, -0.2) is 4.79 Å². The van der Waals surface area contributed by atoms with Gasteiger partial charge in [-0.05, 0) is 72.4 Å². The third-order valence-electron chi connectivity index (χ3n) is 5.07. The first kappa shape index (κ1) is 19.5. The van der Waals surface area contributed by atoms with Gasteiger partial charge in [-0.15, -0.1) is 0 Å². The van der Waals surface area contributed by atoms with Gasteiger partial charge in [0, 0.05) is 6.08 Å². The molecule has 25 heavy (non-hydrogen) atoms. The Morgan fingerprint density at radius 1 is 1.08 bits per heavy atom. The molecule has 1 aromatic carbocycles. The second-order valence-electron chi connectivity index (χ2n) is 7.66. The van der Waals surface area contributed by atoms with Crippen LogP contribution in [0, 0.1) is 0 Å². The van der Waals surface area contributed by atoms with Crippen LogP contribution < -0.4 is 4.74 Å². The predicted octanol–water partition coefficient (Wildman–Crippen LogP) is 5.61. The van der Waals surface area contributed by atoms with Crippen LogP contribution in [0.5, 0.6) is 5.75 Å². The number of hydrogen-bond acceptors (Lipinski definition) is 3. The zero-order chi connectivity index (χ0) is 18.5. The molecule has 0 amide bonds. The van der Waals surface area contributed by atoms with Gasteiger partial charge >= 0.3 is 5.97 Å². The van der Waals surface area contributed by atoms with Crippen LogP contribution in [0.3, 0.4) is 0 Å². The van der Waals surface area contributed by atoms with Crippen LogP contribution in [-0.2, 0) is 9.53 Å². The summed E-state index contributed by atoms with van der Waals surface area (Å²) in [5.41, 5.74) is 2.46. The second kappa shape index (κ2) is 8.01. The Bertz CT molecular complexity index is 655. The molecule has 3 nitrogen and oxygen atoms in total. The van der Waals surface area contributed by atoms with Gasteiger partial charge in [-0.1, -0.05) is 35.4 Å². The van der Waals surface area contributed by atoms with E-state index in [-0.39, 0.29) is 17.2 Å². The van der Waals surface area contributed by atoms with Crippen molar-refractivity contribution in [2.75, 3.05) is 0 Å². The highest BCUT2D eigenvalue weighted by molar-refractivity contribution is 5.84. The maximum Gasteiger partial charge on any atom is 0.336 e. The highest BCUT2D eigenvalue weighted by Gasteiger charge is 2.59. The quantitative estimate of drug-likeness (QED) is 0.202. The van der Waals surface area contributed by atoms with Crippen LogP contribution >= 0.6 is 0 Å². The minimum atomic E-state index is -0.314. The molecule has 2 rings (SSSR count). The van der Waals surface area contributed by atoms with Crippen LogP contribution in [0.25, 0.3) is 0 Å². The second-order valence-corrected chi connectivity index (χ2v) is 7.66. The normalized spacial score (nSPS) is 22.6. The first-order valence-corrected chi connectivity index (χ1v) is 9.02. The van der Waals surface area contributed by atoms with E-state index in [2.05, 4.69) is 33.8 Å². The summed E-state index contributed by atoms with van der Waals surface area (Å²) < 4.78 is 11.1. The number of esters is 1. The lowest BCUT2D eigenvalue weighted by molar-refractivity contribution is -0.129. The van der Waals surface area contributed by atoms with Crippen molar-refractivity contribution in [1.29, 1.82) is 0 Å². The third-order valence-corrected chi connectivity index (χ3v) is 5.07. The number of para-hydroxylation sites is 1. The van der Waals surface area contributed by atoms with Crippen molar-refractivity contribution in [2.45, 2.75) is 71.5 Å². The van der Waals surface area contributed by atoms with E-state index in [1.54, 1.807) is 18.2 Å². The summed E-state index contributed by atoms with van der Waals surface area (Å²) in [6.07, 6.45) is 7.75. The highest BCUT2D eigenvalue weighted by Crippen LogP contribution is 2.50. The Hall–Kier alpha value is -1.87. The van der Waals surface area contributed by atoms with Crippen molar-refractivity contribution in [3.63, 3.8) is 0 Å². The van der Waals surface area contributed by atoms with Crippen molar-refractivity contribution in [3.05, 3.63) is 53.6 Å². The number of carbonyl (C=O) groups is 1. The highest BCUT2D eigenvalue weighted by atomic mass is 16.6. The Labute approximate surface area is 151 Å². The van der Waals surface area contributed by atoms with E-state index in [1.165, 1.54) is 5.57 Å². The number of ether oxygens (including phenoxy) is 2. The van der Waals surface area contributed by atoms with E-state index in [0.29, 0.717) is 5.75 Å². The molecule has 1 aliphatic heterocycles. The van der Waals surface area contributed by atoms with Crippen LogP contribution in [-0.4, -0.2) is 17.2 Å². The average Bonchev–Trinajstić information content (AvgIpc) is 3.04. The van der Waals surface area contributed by atoms with Gasteiger partial charge in [0.15, 0.2) is 0 Å². The number of benzene rings is 1. The first-order chi connectivity index (χ1) is 11.7. The van der Waals surface area contributed by atoms with E-state index in [4.69, 9.17) is 9.47 Å². The molecule has 0 bridgehead atoms. The molecule has 1 atom stereocenters. The van der Waals surface area contributed by atoms with Crippen molar-refractivity contribution in [1.82, 2.24) is 0 Å². The third kappa shape index (κ3) is 5.86. The first-order valence-electron chi connectivity index (χ1n) is 9.02. The standard InChI is InChI=1S/C22H30O3/c1-17(14-15-22(5)21(3,4)25-22)10-9-11-18(2)16-20(23)24-19-12-7-6-8-13-19/h6-8,10,12-13,16H,9,11,14-15H2,1-5H3/b17-10+,18-16+. The van der Waals surface area contributed by atoms with Crippen molar-refractivity contribution in [2.24, 2.45) is 0 Å². The summed E-state index contributed by atoms with van der Waals surface area (Å²) in [6.45, 7) is 10.6. The largest absolute Gasteiger partial charge is 0.423 e. The molecule has 0 saturated carbocycles. The lowest BCUT2D eigenvalue weighted by Gasteiger charge is -2.09. The van der Waals surface area contributed by atoms with Gasteiger partial charge in [-0.2, -0.15) is 0 Å². The van der Waals surface area contributed by atoms with Crippen LogP contribution in [0.15, 0.2) is 53.6 Å². The average molecular weight is 342 g/mol.